The predicted molar refractivity (Wildman–Crippen MR) is 169 cm³/mol. The molecule has 1 aliphatic heterocycles. The summed E-state index contributed by atoms with van der Waals surface area (Å²) in [5.41, 5.74) is -0.101. The van der Waals surface area contributed by atoms with Gasteiger partial charge in [-0.25, -0.2) is 9.78 Å². The minimum absolute atomic E-state index is 0.0330. The molecule has 1 saturated heterocycles. The highest BCUT2D eigenvalue weighted by Gasteiger charge is 2.47. The summed E-state index contributed by atoms with van der Waals surface area (Å²) in [6.07, 6.45) is 3.64. The molecule has 2 aromatic rings. The number of nitrogens with one attached hydrogen (secondary N) is 1. The highest BCUT2D eigenvalue weighted by molar-refractivity contribution is 9.10. The van der Waals surface area contributed by atoms with Gasteiger partial charge in [-0.1, -0.05) is 69.6 Å². The summed E-state index contributed by atoms with van der Waals surface area (Å²) < 4.78 is 15.5. The van der Waals surface area contributed by atoms with Gasteiger partial charge in [-0.3, -0.25) is 4.79 Å². The van der Waals surface area contributed by atoms with E-state index >= 15 is 0 Å². The van der Waals surface area contributed by atoms with E-state index in [-0.39, 0.29) is 23.1 Å². The van der Waals surface area contributed by atoms with Crippen LogP contribution in [0.25, 0.3) is 0 Å². The first-order chi connectivity index (χ1) is 18.7. The molecular formula is C31H49BrN4O4Si. The molecule has 0 saturated carbocycles. The fourth-order valence-corrected chi connectivity index (χ4v) is 6.59. The summed E-state index contributed by atoms with van der Waals surface area (Å²) in [6.45, 7) is 23.5. The van der Waals surface area contributed by atoms with Crippen LogP contribution in [0.1, 0.15) is 86.2 Å². The number of carbonyl (C=O) groups excluding carboxylic acids is 2. The number of benzene rings is 1. The highest BCUT2D eigenvalue weighted by Crippen LogP contribution is 2.42. The molecule has 3 rings (SSSR count). The van der Waals surface area contributed by atoms with Crippen LogP contribution >= 0.6 is 15.9 Å². The van der Waals surface area contributed by atoms with E-state index in [1.165, 1.54) is 0 Å². The van der Waals surface area contributed by atoms with Crippen LogP contribution < -0.4 is 5.32 Å². The third-order valence-electron chi connectivity index (χ3n) is 7.87. The Bertz CT molecular complexity index is 1230. The van der Waals surface area contributed by atoms with Crippen LogP contribution in [0.2, 0.25) is 18.1 Å². The standard InChI is InChI=1S/C31H49BrN4O4Si/c1-29(2,3)25(34-28(38)39-30(4,5)6)27(37)36-20-23(40-41(10,11)31(7,8)9)18-24(36)26-33-15-16-35(26)19-21-13-12-14-22(32)17-21/h12-17,23-25H,18-20H2,1-11H3,(H,34,38)/t23-,24+,25-/m1/s1. The number of aromatic nitrogens is 2. The van der Waals surface area contributed by atoms with Crippen LogP contribution in [0.3, 0.4) is 0 Å². The SMILES string of the molecule is CC(C)(C)OC(=O)N[C@H](C(=O)N1C[C@H](O[Si](C)(C)C(C)(C)C)C[C@H]1c1nccn1Cc1cccc(Br)c1)C(C)(C)C. The minimum Gasteiger partial charge on any atom is -0.444 e. The fraction of sp³-hybridized carbons (Fsp3) is 0.645. The summed E-state index contributed by atoms with van der Waals surface area (Å²) in [5.74, 6) is 0.649. The largest absolute Gasteiger partial charge is 0.444 e. The molecule has 0 unspecified atom stereocenters. The first-order valence-electron chi connectivity index (χ1n) is 14.4. The van der Waals surface area contributed by atoms with E-state index < -0.39 is 31.5 Å². The van der Waals surface area contributed by atoms with Crippen molar-refractivity contribution in [2.75, 3.05) is 6.54 Å². The third kappa shape index (κ3) is 8.67. The van der Waals surface area contributed by atoms with Gasteiger partial charge in [-0.15, -0.1) is 0 Å². The van der Waals surface area contributed by atoms with E-state index in [1.54, 1.807) is 6.20 Å². The van der Waals surface area contributed by atoms with Gasteiger partial charge in [0.1, 0.15) is 17.5 Å². The molecule has 2 heterocycles. The molecule has 228 valence electrons. The maximum Gasteiger partial charge on any atom is 0.408 e. The van der Waals surface area contributed by atoms with Gasteiger partial charge in [-0.2, -0.15) is 0 Å². The maximum absolute atomic E-state index is 14.4. The number of hydrogen-bond acceptors (Lipinski definition) is 5. The van der Waals surface area contributed by atoms with Crippen molar-refractivity contribution in [3.8, 4) is 0 Å². The van der Waals surface area contributed by atoms with Crippen molar-refractivity contribution in [3.63, 3.8) is 0 Å². The summed E-state index contributed by atoms with van der Waals surface area (Å²) in [6, 6.07) is 7.09. The molecule has 1 aliphatic rings. The van der Waals surface area contributed by atoms with Crippen LogP contribution in [-0.4, -0.2) is 59.1 Å². The van der Waals surface area contributed by atoms with Gasteiger partial charge in [0.25, 0.3) is 0 Å². The topological polar surface area (TPSA) is 85.7 Å². The molecule has 10 heteroatoms. The lowest BCUT2D eigenvalue weighted by atomic mass is 9.85. The molecule has 1 aromatic carbocycles. The Morgan fingerprint density at radius 2 is 1.78 bits per heavy atom. The molecular weight excluding hydrogens is 600 g/mol. The zero-order chi connectivity index (χ0) is 31.0. The van der Waals surface area contributed by atoms with Crippen molar-refractivity contribution < 1.29 is 18.8 Å². The van der Waals surface area contributed by atoms with E-state index in [0.29, 0.717) is 19.5 Å². The summed E-state index contributed by atoms with van der Waals surface area (Å²) in [4.78, 5) is 33.9. The summed E-state index contributed by atoms with van der Waals surface area (Å²) >= 11 is 3.57. The molecule has 0 bridgehead atoms. The van der Waals surface area contributed by atoms with E-state index in [9.17, 15) is 9.59 Å². The first kappa shape index (κ1) is 33.3. The second-order valence-electron chi connectivity index (χ2n) is 14.7. The van der Waals surface area contributed by atoms with Crippen molar-refractivity contribution in [1.29, 1.82) is 0 Å². The van der Waals surface area contributed by atoms with Crippen LogP contribution in [0.4, 0.5) is 4.79 Å². The van der Waals surface area contributed by atoms with Crippen molar-refractivity contribution >= 4 is 36.2 Å². The molecule has 0 aliphatic carbocycles. The number of halogens is 1. The van der Waals surface area contributed by atoms with E-state index in [4.69, 9.17) is 14.1 Å². The predicted octanol–water partition coefficient (Wildman–Crippen LogP) is 7.30. The first-order valence-corrected chi connectivity index (χ1v) is 18.1. The minimum atomic E-state index is -2.11. The zero-order valence-corrected chi connectivity index (χ0v) is 29.3. The van der Waals surface area contributed by atoms with Gasteiger partial charge in [-0.05, 0) is 62.0 Å². The molecule has 1 fully saturated rings. The lowest BCUT2D eigenvalue weighted by Crippen LogP contribution is -2.55. The monoisotopic (exact) mass is 648 g/mol. The molecule has 8 nitrogen and oxygen atoms in total. The quantitative estimate of drug-likeness (QED) is 0.319. The van der Waals surface area contributed by atoms with Crippen molar-refractivity contribution in [1.82, 2.24) is 19.8 Å². The Labute approximate surface area is 255 Å². The third-order valence-corrected chi connectivity index (χ3v) is 12.9. The van der Waals surface area contributed by atoms with Gasteiger partial charge in [0, 0.05) is 36.4 Å². The molecule has 2 amide bonds. The Morgan fingerprint density at radius 1 is 1.12 bits per heavy atom. The van der Waals surface area contributed by atoms with Crippen LogP contribution in [-0.2, 0) is 20.5 Å². The van der Waals surface area contributed by atoms with Gasteiger partial charge in [0.2, 0.25) is 5.91 Å². The molecule has 3 atom stereocenters. The Morgan fingerprint density at radius 3 is 2.34 bits per heavy atom. The van der Waals surface area contributed by atoms with E-state index in [1.807, 2.05) is 64.8 Å². The second kappa shape index (κ2) is 12.2. The molecule has 0 radical (unpaired) electrons. The number of nitrogens with zero attached hydrogens (tertiary/aromatic N) is 3. The highest BCUT2D eigenvalue weighted by atomic mass is 79.9. The lowest BCUT2D eigenvalue weighted by molar-refractivity contribution is -0.137. The Hall–Kier alpha value is -2.17. The number of likely N-dealkylation sites (tertiary alicyclic amines) is 1. The lowest BCUT2D eigenvalue weighted by Gasteiger charge is -2.38. The zero-order valence-electron chi connectivity index (χ0n) is 26.7. The molecule has 1 aromatic heterocycles. The summed E-state index contributed by atoms with van der Waals surface area (Å²) in [7, 11) is -2.11. The van der Waals surface area contributed by atoms with Crippen molar-refractivity contribution in [3.05, 3.63) is 52.5 Å². The number of rotatable bonds is 7. The van der Waals surface area contributed by atoms with Crippen LogP contribution in [0, 0.1) is 5.41 Å². The number of alkyl carbamates (subject to hydrolysis) is 1. The van der Waals surface area contributed by atoms with Crippen molar-refractivity contribution in [2.45, 2.75) is 117 Å². The maximum atomic E-state index is 14.4. The van der Waals surface area contributed by atoms with Crippen molar-refractivity contribution in [2.24, 2.45) is 5.41 Å². The average molecular weight is 650 g/mol. The number of carbonyl (C=O) groups is 2. The fourth-order valence-electron chi connectivity index (χ4n) is 4.79. The van der Waals surface area contributed by atoms with Gasteiger partial charge < -0.3 is 23.9 Å². The normalized spacial score (nSPS) is 19.3. The number of amides is 2. The molecule has 41 heavy (non-hydrogen) atoms. The van der Waals surface area contributed by atoms with Gasteiger partial charge >= 0.3 is 6.09 Å². The van der Waals surface area contributed by atoms with E-state index in [0.717, 1.165) is 15.9 Å². The Kier molecular flexibility index (Phi) is 9.92. The molecule has 1 N–H and O–H groups in total. The smallest absolute Gasteiger partial charge is 0.408 e. The second-order valence-corrected chi connectivity index (χ2v) is 20.4. The number of ether oxygens (including phenoxy) is 1. The van der Waals surface area contributed by atoms with Gasteiger partial charge in [0.05, 0.1) is 12.1 Å². The Balaban J connectivity index is 1.98. The number of hydrogen-bond donors (Lipinski definition) is 1. The van der Waals surface area contributed by atoms with Crippen LogP contribution in [0.5, 0.6) is 0 Å². The average Bonchev–Trinajstić information content (AvgIpc) is 3.40. The van der Waals surface area contributed by atoms with E-state index in [2.05, 4.69) is 71.8 Å². The number of imidazole rings is 1. The summed E-state index contributed by atoms with van der Waals surface area (Å²) in [5, 5.41) is 2.92. The molecule has 0 spiro atoms. The van der Waals surface area contributed by atoms with Crippen LogP contribution in [0.15, 0.2) is 41.1 Å². The van der Waals surface area contributed by atoms with Gasteiger partial charge in [0.15, 0.2) is 8.32 Å².